The molecule has 0 heterocycles. The van der Waals surface area contributed by atoms with Crippen molar-refractivity contribution in [2.24, 2.45) is 0 Å². The zero-order valence-electron chi connectivity index (χ0n) is 11.0. The molecule has 2 aromatic carbocycles. The van der Waals surface area contributed by atoms with Crippen LogP contribution in [0.25, 0.3) is 0 Å². The van der Waals surface area contributed by atoms with Crippen molar-refractivity contribution in [2.45, 2.75) is 13.3 Å². The molecule has 0 saturated carbocycles. The van der Waals surface area contributed by atoms with Gasteiger partial charge in [0.05, 0.1) is 0 Å². The van der Waals surface area contributed by atoms with Crippen molar-refractivity contribution in [3.05, 3.63) is 58.1 Å². The fraction of sp³-hybridized carbons (Fsp3) is 0.125. The highest BCUT2D eigenvalue weighted by molar-refractivity contribution is 5.77. The molecule has 2 N–H and O–H groups in total. The lowest BCUT2D eigenvalue weighted by atomic mass is 9.97. The summed E-state index contributed by atoms with van der Waals surface area (Å²) in [5.74, 6) is 0.135. The molecule has 4 heteroatoms. The second kappa shape index (κ2) is 5.57. The highest BCUT2D eigenvalue weighted by atomic mass is 16.3. The fourth-order valence-corrected chi connectivity index (χ4v) is 2.11. The first kappa shape index (κ1) is 13.8. The predicted molar refractivity (Wildman–Crippen MR) is 74.5 cm³/mol. The van der Waals surface area contributed by atoms with Crippen LogP contribution in [0.5, 0.6) is 11.5 Å². The Morgan fingerprint density at radius 2 is 1.60 bits per heavy atom. The Hall–Kier alpha value is -2.62. The van der Waals surface area contributed by atoms with Gasteiger partial charge in [-0.25, -0.2) is 0 Å². The molecule has 4 nitrogen and oxygen atoms in total. The van der Waals surface area contributed by atoms with Gasteiger partial charge in [-0.3, -0.25) is 9.59 Å². The number of aryl methyl sites for hydroxylation is 1. The summed E-state index contributed by atoms with van der Waals surface area (Å²) >= 11 is 0. The summed E-state index contributed by atoms with van der Waals surface area (Å²) in [5, 5.41) is 19.8. The van der Waals surface area contributed by atoms with Crippen molar-refractivity contribution in [1.29, 1.82) is 0 Å². The van der Waals surface area contributed by atoms with Crippen LogP contribution in [0.4, 0.5) is 0 Å². The molecule has 2 aromatic rings. The van der Waals surface area contributed by atoms with Crippen LogP contribution in [0.3, 0.4) is 0 Å². The van der Waals surface area contributed by atoms with Crippen LogP contribution >= 0.6 is 0 Å². The molecule has 0 spiro atoms. The van der Waals surface area contributed by atoms with E-state index in [2.05, 4.69) is 0 Å². The first-order valence-electron chi connectivity index (χ1n) is 6.10. The van der Waals surface area contributed by atoms with Gasteiger partial charge in [0.15, 0.2) is 0 Å². The fourth-order valence-electron chi connectivity index (χ4n) is 2.11. The number of hydrogen-bond acceptors (Lipinski definition) is 4. The molecular weight excluding hydrogens is 256 g/mol. The number of hydrogen-bond donors (Lipinski definition) is 2. The molecule has 102 valence electrons. The van der Waals surface area contributed by atoms with Gasteiger partial charge in [-0.1, -0.05) is 0 Å². The predicted octanol–water partition coefficient (Wildman–Crippen LogP) is 2.62. The van der Waals surface area contributed by atoms with Crippen LogP contribution in [0.1, 0.15) is 37.4 Å². The van der Waals surface area contributed by atoms with Crippen LogP contribution in [-0.2, 0) is 6.42 Å². The van der Waals surface area contributed by atoms with Gasteiger partial charge in [0, 0.05) is 17.5 Å². The van der Waals surface area contributed by atoms with E-state index < -0.39 is 0 Å². The number of benzene rings is 2. The zero-order valence-corrected chi connectivity index (χ0v) is 11.0. The van der Waals surface area contributed by atoms with E-state index >= 15 is 0 Å². The van der Waals surface area contributed by atoms with Gasteiger partial charge >= 0.3 is 0 Å². The number of phenolic OH excluding ortho intramolecular Hbond substituents is 2. The van der Waals surface area contributed by atoms with Gasteiger partial charge in [-0.15, -0.1) is 0 Å². The molecule has 0 radical (unpaired) electrons. The normalized spacial score (nSPS) is 10.2. The average molecular weight is 270 g/mol. The summed E-state index contributed by atoms with van der Waals surface area (Å²) < 4.78 is 0. The minimum atomic E-state index is 0.0455. The molecule has 0 unspecified atom stereocenters. The van der Waals surface area contributed by atoms with Crippen LogP contribution < -0.4 is 0 Å². The van der Waals surface area contributed by atoms with Gasteiger partial charge in [0.1, 0.15) is 24.1 Å². The molecule has 0 aliphatic carbocycles. The first-order valence-corrected chi connectivity index (χ1v) is 6.10. The van der Waals surface area contributed by atoms with Gasteiger partial charge in [-0.05, 0) is 53.9 Å². The highest BCUT2D eigenvalue weighted by Gasteiger charge is 2.11. The molecule has 0 aromatic heterocycles. The van der Waals surface area contributed by atoms with E-state index in [4.69, 9.17) is 0 Å². The molecule has 0 bridgehead atoms. The average Bonchev–Trinajstić information content (AvgIpc) is 2.45. The molecule has 20 heavy (non-hydrogen) atoms. The van der Waals surface area contributed by atoms with Gasteiger partial charge in [-0.2, -0.15) is 0 Å². The summed E-state index contributed by atoms with van der Waals surface area (Å²) in [6, 6.07) is 7.67. The number of carbonyl (C=O) groups is 2. The minimum absolute atomic E-state index is 0.0455. The van der Waals surface area contributed by atoms with Crippen molar-refractivity contribution < 1.29 is 19.8 Å². The van der Waals surface area contributed by atoms with Gasteiger partial charge in [0.2, 0.25) is 0 Å². The van der Waals surface area contributed by atoms with Crippen molar-refractivity contribution in [3.8, 4) is 11.5 Å². The second-order valence-electron chi connectivity index (χ2n) is 4.65. The maximum atomic E-state index is 10.9. The molecule has 0 saturated heterocycles. The molecule has 0 aliphatic heterocycles. The minimum Gasteiger partial charge on any atom is -0.508 e. The monoisotopic (exact) mass is 270 g/mol. The number of carbonyl (C=O) groups excluding carboxylic acids is 2. The molecule has 0 aliphatic rings. The second-order valence-corrected chi connectivity index (χ2v) is 4.65. The summed E-state index contributed by atoms with van der Waals surface area (Å²) in [5.41, 5.74) is 2.55. The smallest absolute Gasteiger partial charge is 0.150 e. The Bertz CT molecular complexity index is 674. The summed E-state index contributed by atoms with van der Waals surface area (Å²) in [4.78, 5) is 21.6. The highest BCUT2D eigenvalue weighted by Crippen LogP contribution is 2.29. The van der Waals surface area contributed by atoms with E-state index in [1.807, 2.05) is 0 Å². The Morgan fingerprint density at radius 1 is 0.950 bits per heavy atom. The van der Waals surface area contributed by atoms with Crippen molar-refractivity contribution in [1.82, 2.24) is 0 Å². The van der Waals surface area contributed by atoms with Crippen LogP contribution in [-0.4, -0.2) is 22.8 Å². The quantitative estimate of drug-likeness (QED) is 0.837. The number of rotatable bonds is 4. The van der Waals surface area contributed by atoms with Gasteiger partial charge in [0.25, 0.3) is 0 Å². The number of aromatic hydroxyl groups is 2. The van der Waals surface area contributed by atoms with E-state index in [9.17, 15) is 19.8 Å². The molecule has 2 rings (SSSR count). The van der Waals surface area contributed by atoms with E-state index in [0.29, 0.717) is 40.4 Å². The molecule has 0 amide bonds. The van der Waals surface area contributed by atoms with Crippen molar-refractivity contribution in [2.75, 3.05) is 0 Å². The largest absolute Gasteiger partial charge is 0.508 e. The SMILES string of the molecule is Cc1cc(C=O)cc(Cc2cc(C=O)ccc2O)c1O. The van der Waals surface area contributed by atoms with Crippen LogP contribution in [0, 0.1) is 6.92 Å². The van der Waals surface area contributed by atoms with Crippen LogP contribution in [0.15, 0.2) is 30.3 Å². The Kier molecular flexibility index (Phi) is 3.84. The zero-order chi connectivity index (χ0) is 14.7. The lowest BCUT2D eigenvalue weighted by molar-refractivity contribution is 0.111. The molecular formula is C16H14O4. The summed E-state index contributed by atoms with van der Waals surface area (Å²) in [7, 11) is 0. The molecule has 0 atom stereocenters. The van der Waals surface area contributed by atoms with Gasteiger partial charge < -0.3 is 10.2 Å². The van der Waals surface area contributed by atoms with Crippen molar-refractivity contribution >= 4 is 12.6 Å². The number of aldehydes is 2. The Balaban J connectivity index is 2.46. The Morgan fingerprint density at radius 3 is 2.25 bits per heavy atom. The van der Waals surface area contributed by atoms with E-state index in [-0.39, 0.29) is 17.9 Å². The lowest BCUT2D eigenvalue weighted by Gasteiger charge is -2.10. The maximum absolute atomic E-state index is 10.9. The topological polar surface area (TPSA) is 74.6 Å². The van der Waals surface area contributed by atoms with E-state index in [1.165, 1.54) is 12.1 Å². The van der Waals surface area contributed by atoms with E-state index in [0.717, 1.165) is 0 Å². The number of phenols is 2. The van der Waals surface area contributed by atoms with Crippen LogP contribution in [0.2, 0.25) is 0 Å². The standard InChI is InChI=1S/C16H14O4/c1-10-4-12(9-18)6-14(16(10)20)7-13-5-11(8-17)2-3-15(13)19/h2-6,8-9,19-20H,7H2,1H3. The third-order valence-corrected chi connectivity index (χ3v) is 3.16. The summed E-state index contributed by atoms with van der Waals surface area (Å²) in [6.45, 7) is 1.70. The van der Waals surface area contributed by atoms with Crippen molar-refractivity contribution in [3.63, 3.8) is 0 Å². The first-order chi connectivity index (χ1) is 9.55. The maximum Gasteiger partial charge on any atom is 0.150 e. The lowest BCUT2D eigenvalue weighted by Crippen LogP contribution is -1.95. The molecule has 0 fully saturated rings. The third-order valence-electron chi connectivity index (χ3n) is 3.16. The van der Waals surface area contributed by atoms with E-state index in [1.54, 1.807) is 25.1 Å². The summed E-state index contributed by atoms with van der Waals surface area (Å²) in [6.07, 6.45) is 1.63. The third kappa shape index (κ3) is 2.69. The Labute approximate surface area is 116 Å².